The highest BCUT2D eigenvalue weighted by Crippen LogP contribution is 2.41. The summed E-state index contributed by atoms with van der Waals surface area (Å²) in [7, 11) is 0. The van der Waals surface area contributed by atoms with Gasteiger partial charge in [-0.25, -0.2) is 15.0 Å². The first-order valence-electron chi connectivity index (χ1n) is 18.7. The first kappa shape index (κ1) is 32.2. The summed E-state index contributed by atoms with van der Waals surface area (Å²) in [5.74, 6) is 1.92. The van der Waals surface area contributed by atoms with Crippen LogP contribution in [0.1, 0.15) is 0 Å². The molecular weight excluding hydrogens is 703 g/mol. The number of fused-ring (bicyclic) bond motifs is 6. The smallest absolute Gasteiger partial charge is 0.165 e. The van der Waals surface area contributed by atoms with Crippen molar-refractivity contribution < 1.29 is 4.42 Å². The molecule has 11 rings (SSSR count). The first-order valence-corrected chi connectivity index (χ1v) is 19.5. The van der Waals surface area contributed by atoms with Gasteiger partial charge in [0.15, 0.2) is 17.5 Å². The molecule has 0 aliphatic rings. The fourth-order valence-electron chi connectivity index (χ4n) is 7.91. The molecule has 3 aromatic heterocycles. The number of furan rings is 1. The van der Waals surface area contributed by atoms with Gasteiger partial charge in [0.25, 0.3) is 0 Å². The van der Waals surface area contributed by atoms with Crippen molar-refractivity contribution in [2.45, 2.75) is 0 Å². The van der Waals surface area contributed by atoms with Crippen molar-refractivity contribution in [3.05, 3.63) is 188 Å². The van der Waals surface area contributed by atoms with Gasteiger partial charge in [-0.1, -0.05) is 158 Å². The Balaban J connectivity index is 1.03. The summed E-state index contributed by atoms with van der Waals surface area (Å²) in [4.78, 5) is 15.6. The van der Waals surface area contributed by atoms with Gasteiger partial charge < -0.3 is 4.42 Å². The van der Waals surface area contributed by atoms with Crippen LogP contribution in [-0.4, -0.2) is 15.0 Å². The summed E-state index contributed by atoms with van der Waals surface area (Å²) < 4.78 is 8.62. The molecule has 4 nitrogen and oxygen atoms in total. The number of hydrogen-bond acceptors (Lipinski definition) is 5. The molecule has 262 valence electrons. The summed E-state index contributed by atoms with van der Waals surface area (Å²) in [5.41, 5.74) is 11.4. The fraction of sp³-hybridized carbons (Fsp3) is 0. The lowest BCUT2D eigenvalue weighted by molar-refractivity contribution is 0.669. The molecule has 0 bridgehead atoms. The topological polar surface area (TPSA) is 51.8 Å². The van der Waals surface area contributed by atoms with Crippen LogP contribution >= 0.6 is 11.3 Å². The van der Waals surface area contributed by atoms with Gasteiger partial charge in [0, 0.05) is 47.6 Å². The van der Waals surface area contributed by atoms with E-state index >= 15 is 0 Å². The molecule has 0 fully saturated rings. The van der Waals surface area contributed by atoms with Crippen LogP contribution in [0.2, 0.25) is 0 Å². The molecule has 0 aliphatic carbocycles. The molecule has 0 aliphatic heterocycles. The van der Waals surface area contributed by atoms with E-state index in [0.29, 0.717) is 17.5 Å². The normalized spacial score (nSPS) is 11.6. The van der Waals surface area contributed by atoms with Gasteiger partial charge in [0.05, 0.1) is 0 Å². The molecule has 5 heteroatoms. The summed E-state index contributed by atoms with van der Waals surface area (Å²) >= 11 is 1.78. The predicted octanol–water partition coefficient (Wildman–Crippen LogP) is 14.1. The van der Waals surface area contributed by atoms with E-state index in [9.17, 15) is 0 Å². The number of para-hydroxylation sites is 1. The number of thiophene rings is 1. The molecule has 0 amide bonds. The minimum Gasteiger partial charge on any atom is -0.456 e. The van der Waals surface area contributed by atoms with E-state index in [0.717, 1.165) is 72.0 Å². The monoisotopic (exact) mass is 733 g/mol. The van der Waals surface area contributed by atoms with Crippen LogP contribution in [0, 0.1) is 0 Å². The van der Waals surface area contributed by atoms with Gasteiger partial charge in [0.2, 0.25) is 0 Å². The second-order valence-electron chi connectivity index (χ2n) is 13.9. The molecule has 0 atom stereocenters. The first-order chi connectivity index (χ1) is 27.7. The van der Waals surface area contributed by atoms with Gasteiger partial charge in [-0.3, -0.25) is 0 Å². The van der Waals surface area contributed by atoms with E-state index in [1.54, 1.807) is 11.3 Å². The van der Waals surface area contributed by atoms with Crippen molar-refractivity contribution in [1.82, 2.24) is 15.0 Å². The molecule has 0 saturated carbocycles. The third-order valence-corrected chi connectivity index (χ3v) is 11.8. The second kappa shape index (κ2) is 13.3. The maximum Gasteiger partial charge on any atom is 0.165 e. The van der Waals surface area contributed by atoms with Crippen LogP contribution in [0.5, 0.6) is 0 Å². The third kappa shape index (κ3) is 5.48. The molecule has 0 unspecified atom stereocenters. The Morgan fingerprint density at radius 2 is 0.911 bits per heavy atom. The van der Waals surface area contributed by atoms with Crippen molar-refractivity contribution in [2.75, 3.05) is 0 Å². The molecular formula is C51H31N3OS. The zero-order chi connectivity index (χ0) is 37.0. The minimum absolute atomic E-state index is 0.629. The molecule has 3 heterocycles. The standard InChI is InChI=1S/C51H31N3OS/c1-2-13-33(14-3-1)37-17-4-5-19-41(37)50-52-49(53-51(54-50)43-23-11-22-40-39-18-7-9-26-46(39)56-48(40)43)34-29-27-32(28-30-34)35-15-10-16-36(31-35)38-21-12-25-45-47(38)42-20-6-8-24-44(42)55-45/h1-31H. The summed E-state index contributed by atoms with van der Waals surface area (Å²) in [6, 6.07) is 65.6. The Bertz CT molecular complexity index is 3250. The Hall–Kier alpha value is -7.21. The molecule has 0 N–H and O–H groups in total. The molecule has 8 aromatic carbocycles. The minimum atomic E-state index is 0.629. The number of nitrogens with zero attached hydrogens (tertiary/aromatic N) is 3. The van der Waals surface area contributed by atoms with Gasteiger partial charge in [0.1, 0.15) is 11.2 Å². The number of aromatic nitrogens is 3. The summed E-state index contributed by atoms with van der Waals surface area (Å²) in [6.07, 6.45) is 0. The van der Waals surface area contributed by atoms with Crippen molar-refractivity contribution in [2.24, 2.45) is 0 Å². The van der Waals surface area contributed by atoms with Gasteiger partial charge in [-0.05, 0) is 63.7 Å². The highest BCUT2D eigenvalue weighted by molar-refractivity contribution is 7.26. The van der Waals surface area contributed by atoms with Gasteiger partial charge in [-0.2, -0.15) is 0 Å². The lowest BCUT2D eigenvalue weighted by atomic mass is 9.95. The predicted molar refractivity (Wildman–Crippen MR) is 233 cm³/mol. The number of benzene rings is 8. The van der Waals surface area contributed by atoms with Crippen LogP contribution < -0.4 is 0 Å². The van der Waals surface area contributed by atoms with Crippen molar-refractivity contribution in [1.29, 1.82) is 0 Å². The van der Waals surface area contributed by atoms with Crippen LogP contribution in [0.3, 0.4) is 0 Å². The third-order valence-electron chi connectivity index (χ3n) is 10.6. The van der Waals surface area contributed by atoms with Crippen LogP contribution in [-0.2, 0) is 0 Å². The number of hydrogen-bond donors (Lipinski definition) is 0. The lowest BCUT2D eigenvalue weighted by Gasteiger charge is -2.13. The van der Waals surface area contributed by atoms with E-state index < -0.39 is 0 Å². The quantitative estimate of drug-likeness (QED) is 0.171. The Morgan fingerprint density at radius 3 is 1.79 bits per heavy atom. The Kier molecular flexibility index (Phi) is 7.64. The van der Waals surface area contributed by atoms with Crippen molar-refractivity contribution >= 4 is 53.4 Å². The second-order valence-corrected chi connectivity index (χ2v) is 15.0. The van der Waals surface area contributed by atoms with Gasteiger partial charge in [-0.15, -0.1) is 11.3 Å². The SMILES string of the molecule is c1ccc(-c2ccccc2-c2nc(-c3ccc(-c4cccc(-c5cccc6oc7ccccc7c56)c4)cc3)nc(-c3cccc4c3sc3ccccc34)n2)cc1. The highest BCUT2D eigenvalue weighted by Gasteiger charge is 2.19. The molecule has 0 spiro atoms. The Morgan fingerprint density at radius 1 is 0.339 bits per heavy atom. The van der Waals surface area contributed by atoms with E-state index in [-0.39, 0.29) is 0 Å². The van der Waals surface area contributed by atoms with Crippen LogP contribution in [0.15, 0.2) is 192 Å². The summed E-state index contributed by atoms with van der Waals surface area (Å²) in [5, 5.41) is 4.71. The molecule has 56 heavy (non-hydrogen) atoms. The average molecular weight is 734 g/mol. The van der Waals surface area contributed by atoms with E-state index in [2.05, 4.69) is 164 Å². The average Bonchev–Trinajstić information content (AvgIpc) is 3.85. The number of rotatable bonds is 6. The van der Waals surface area contributed by atoms with E-state index in [1.807, 2.05) is 24.3 Å². The Labute approximate surface area is 327 Å². The van der Waals surface area contributed by atoms with Crippen LogP contribution in [0.4, 0.5) is 0 Å². The largest absolute Gasteiger partial charge is 0.456 e. The maximum atomic E-state index is 6.21. The lowest BCUT2D eigenvalue weighted by Crippen LogP contribution is -2.01. The van der Waals surface area contributed by atoms with Crippen molar-refractivity contribution in [3.63, 3.8) is 0 Å². The summed E-state index contributed by atoms with van der Waals surface area (Å²) in [6.45, 7) is 0. The zero-order valence-corrected chi connectivity index (χ0v) is 30.9. The maximum absolute atomic E-state index is 6.21. The fourth-order valence-corrected chi connectivity index (χ4v) is 9.12. The van der Waals surface area contributed by atoms with Crippen LogP contribution in [0.25, 0.3) is 110 Å². The molecule has 0 saturated heterocycles. The van der Waals surface area contributed by atoms with Crippen molar-refractivity contribution in [3.8, 4) is 67.5 Å². The van der Waals surface area contributed by atoms with E-state index in [1.165, 1.54) is 20.2 Å². The van der Waals surface area contributed by atoms with Gasteiger partial charge >= 0.3 is 0 Å². The van der Waals surface area contributed by atoms with E-state index in [4.69, 9.17) is 19.4 Å². The molecule has 11 aromatic rings. The molecule has 0 radical (unpaired) electrons. The zero-order valence-electron chi connectivity index (χ0n) is 30.1. The highest BCUT2D eigenvalue weighted by atomic mass is 32.1.